The van der Waals surface area contributed by atoms with Crippen molar-refractivity contribution in [1.82, 2.24) is 0 Å². The zero-order valence-electron chi connectivity index (χ0n) is 14.1. The van der Waals surface area contributed by atoms with E-state index in [0.717, 1.165) is 31.0 Å². The molecule has 0 saturated carbocycles. The van der Waals surface area contributed by atoms with Crippen molar-refractivity contribution >= 4 is 16.3 Å². The molecule has 3 atom stereocenters. The molecule has 3 aliphatic rings. The van der Waals surface area contributed by atoms with Crippen LogP contribution in [0.15, 0.2) is 41.8 Å². The number of rotatable bonds is 2. The molecule has 2 aliphatic heterocycles. The third-order valence-corrected chi connectivity index (χ3v) is 6.70. The molecule has 4 nitrogen and oxygen atoms in total. The number of benzene rings is 1. The van der Waals surface area contributed by atoms with Crippen LogP contribution in [0.2, 0.25) is 0 Å². The molecule has 3 heterocycles. The molecule has 1 aliphatic carbocycles. The van der Waals surface area contributed by atoms with E-state index in [1.165, 1.54) is 16.1 Å². The summed E-state index contributed by atoms with van der Waals surface area (Å²) in [5.41, 5.74) is 2.40. The number of nitrogens with zero attached hydrogens (tertiary/aromatic N) is 1. The van der Waals surface area contributed by atoms with Gasteiger partial charge in [-0.25, -0.2) is 0 Å². The Kier molecular flexibility index (Phi) is 3.37. The van der Waals surface area contributed by atoms with E-state index in [-0.39, 0.29) is 11.5 Å². The average Bonchev–Trinajstić information content (AvgIpc) is 3.21. The van der Waals surface area contributed by atoms with E-state index in [4.69, 9.17) is 9.47 Å². The second kappa shape index (κ2) is 5.51. The highest BCUT2D eigenvalue weighted by atomic mass is 32.1. The van der Waals surface area contributed by atoms with Gasteiger partial charge in [0.05, 0.1) is 23.6 Å². The summed E-state index contributed by atoms with van der Waals surface area (Å²) in [5, 5.41) is 13.6. The zero-order valence-corrected chi connectivity index (χ0v) is 15.0. The minimum Gasteiger partial charge on any atom is -0.493 e. The van der Waals surface area contributed by atoms with Crippen LogP contribution in [0.3, 0.4) is 0 Å². The van der Waals surface area contributed by atoms with Gasteiger partial charge in [0.1, 0.15) is 6.10 Å². The van der Waals surface area contributed by atoms with Crippen LogP contribution in [-0.4, -0.2) is 31.0 Å². The van der Waals surface area contributed by atoms with Crippen LogP contribution < -0.4 is 14.4 Å². The molecule has 2 aromatic rings. The third kappa shape index (κ3) is 2.15. The van der Waals surface area contributed by atoms with Crippen LogP contribution in [0.1, 0.15) is 24.0 Å². The molecular weight excluding hydrogens is 334 g/mol. The van der Waals surface area contributed by atoms with Crippen molar-refractivity contribution in [3.05, 3.63) is 52.9 Å². The van der Waals surface area contributed by atoms with Gasteiger partial charge in [-0.05, 0) is 35.6 Å². The molecular formula is C20H21NO3S. The Morgan fingerprint density at radius 3 is 3.08 bits per heavy atom. The Labute approximate surface area is 151 Å². The van der Waals surface area contributed by atoms with Crippen LogP contribution in [0.5, 0.6) is 11.5 Å². The number of ether oxygens (including phenoxy) is 2. The number of methoxy groups -OCH3 is 1. The molecule has 5 rings (SSSR count). The molecule has 25 heavy (non-hydrogen) atoms. The first-order valence-corrected chi connectivity index (χ1v) is 9.62. The van der Waals surface area contributed by atoms with Crippen molar-refractivity contribution < 1.29 is 14.6 Å². The Hall–Kier alpha value is -1.98. The van der Waals surface area contributed by atoms with Crippen molar-refractivity contribution in [2.45, 2.75) is 37.0 Å². The zero-order chi connectivity index (χ0) is 17.0. The summed E-state index contributed by atoms with van der Waals surface area (Å²) in [7, 11) is 1.69. The molecule has 5 heteroatoms. The second-order valence-corrected chi connectivity index (χ2v) is 7.99. The van der Waals surface area contributed by atoms with Gasteiger partial charge in [0.25, 0.3) is 0 Å². The number of anilines is 1. The molecule has 1 aromatic heterocycles. The Balaban J connectivity index is 1.68. The first-order valence-electron chi connectivity index (χ1n) is 8.74. The fraction of sp³-hybridized carbons (Fsp3) is 0.400. The van der Waals surface area contributed by atoms with Crippen LogP contribution in [0, 0.1) is 0 Å². The third-order valence-electron chi connectivity index (χ3n) is 5.77. The molecule has 1 spiro atoms. The number of hydrogen-bond donors (Lipinski definition) is 1. The standard InChI is InChI=1S/C20H21NO3S/c1-23-15-5-4-13-12-21(17-3-2-10-25-17)9-8-20-7-6-14(22)11-16(20)24-19(15)18(13)20/h2-7,10,14,16,22H,8-9,11-12H2,1H3/t14-,16-,20-/m0/s1. The Morgan fingerprint density at radius 2 is 2.28 bits per heavy atom. The van der Waals surface area contributed by atoms with E-state index >= 15 is 0 Å². The largest absolute Gasteiger partial charge is 0.493 e. The lowest BCUT2D eigenvalue weighted by molar-refractivity contribution is 0.0856. The predicted molar refractivity (Wildman–Crippen MR) is 98.8 cm³/mol. The molecule has 0 bridgehead atoms. The Morgan fingerprint density at radius 1 is 1.36 bits per heavy atom. The van der Waals surface area contributed by atoms with Crippen molar-refractivity contribution in [2.24, 2.45) is 0 Å². The average molecular weight is 355 g/mol. The normalized spacial score (nSPS) is 29.6. The first kappa shape index (κ1) is 15.3. The number of aliphatic hydroxyl groups is 1. The van der Waals surface area contributed by atoms with Gasteiger partial charge in [-0.1, -0.05) is 18.2 Å². The van der Waals surface area contributed by atoms with E-state index < -0.39 is 6.10 Å². The quantitative estimate of drug-likeness (QED) is 0.838. The van der Waals surface area contributed by atoms with Gasteiger partial charge in [0, 0.05) is 25.1 Å². The molecule has 0 radical (unpaired) electrons. The minimum atomic E-state index is -0.434. The van der Waals surface area contributed by atoms with Gasteiger partial charge < -0.3 is 19.5 Å². The highest BCUT2D eigenvalue weighted by Crippen LogP contribution is 2.56. The van der Waals surface area contributed by atoms with Gasteiger partial charge >= 0.3 is 0 Å². The summed E-state index contributed by atoms with van der Waals surface area (Å²) < 4.78 is 11.9. The smallest absolute Gasteiger partial charge is 0.166 e. The molecule has 0 fully saturated rings. The van der Waals surface area contributed by atoms with E-state index in [2.05, 4.69) is 34.6 Å². The lowest BCUT2D eigenvalue weighted by Crippen LogP contribution is -2.43. The summed E-state index contributed by atoms with van der Waals surface area (Å²) >= 11 is 1.78. The van der Waals surface area contributed by atoms with Crippen molar-refractivity contribution in [2.75, 3.05) is 18.6 Å². The maximum absolute atomic E-state index is 10.1. The lowest BCUT2D eigenvalue weighted by atomic mass is 9.69. The van der Waals surface area contributed by atoms with Crippen LogP contribution >= 0.6 is 11.3 Å². The van der Waals surface area contributed by atoms with E-state index in [9.17, 15) is 5.11 Å². The van der Waals surface area contributed by atoms with Crippen molar-refractivity contribution in [1.29, 1.82) is 0 Å². The fourth-order valence-electron chi connectivity index (χ4n) is 4.57. The number of thiophene rings is 1. The highest BCUT2D eigenvalue weighted by Gasteiger charge is 2.52. The summed E-state index contributed by atoms with van der Waals surface area (Å²) in [6, 6.07) is 8.48. The van der Waals surface area contributed by atoms with E-state index in [0.29, 0.717) is 6.42 Å². The summed E-state index contributed by atoms with van der Waals surface area (Å²) in [4.78, 5) is 2.45. The van der Waals surface area contributed by atoms with E-state index in [1.54, 1.807) is 18.4 Å². The van der Waals surface area contributed by atoms with Crippen LogP contribution in [0.4, 0.5) is 5.00 Å². The topological polar surface area (TPSA) is 41.9 Å². The molecule has 1 aromatic carbocycles. The maximum atomic E-state index is 10.1. The second-order valence-electron chi connectivity index (χ2n) is 7.06. The maximum Gasteiger partial charge on any atom is 0.166 e. The molecule has 0 unspecified atom stereocenters. The van der Waals surface area contributed by atoms with E-state index in [1.807, 2.05) is 12.1 Å². The van der Waals surface area contributed by atoms with Gasteiger partial charge in [0.15, 0.2) is 11.5 Å². The highest BCUT2D eigenvalue weighted by molar-refractivity contribution is 7.14. The first-order chi connectivity index (χ1) is 12.2. The summed E-state index contributed by atoms with van der Waals surface area (Å²) in [6.45, 7) is 1.85. The van der Waals surface area contributed by atoms with Gasteiger partial charge in [-0.3, -0.25) is 0 Å². The van der Waals surface area contributed by atoms with Gasteiger partial charge in [-0.15, -0.1) is 11.3 Å². The van der Waals surface area contributed by atoms with Crippen molar-refractivity contribution in [3.8, 4) is 11.5 Å². The fourth-order valence-corrected chi connectivity index (χ4v) is 5.33. The molecule has 0 saturated heterocycles. The minimum absolute atomic E-state index is 0.0270. The van der Waals surface area contributed by atoms with Crippen LogP contribution in [-0.2, 0) is 12.0 Å². The SMILES string of the molecule is COc1ccc2c3c1O[C@H]1C[C@@H](O)C=C[C@@]31CCN(c1cccs1)C2. The lowest BCUT2D eigenvalue weighted by Gasteiger charge is -2.35. The summed E-state index contributed by atoms with van der Waals surface area (Å²) in [6.07, 6.45) is 5.29. The van der Waals surface area contributed by atoms with Gasteiger partial charge in [0.2, 0.25) is 0 Å². The summed E-state index contributed by atoms with van der Waals surface area (Å²) in [5.74, 6) is 1.66. The molecule has 0 amide bonds. The number of hydrogen-bond acceptors (Lipinski definition) is 5. The van der Waals surface area contributed by atoms with Crippen molar-refractivity contribution in [3.63, 3.8) is 0 Å². The number of aliphatic hydroxyl groups excluding tert-OH is 1. The molecule has 1 N–H and O–H groups in total. The monoisotopic (exact) mass is 355 g/mol. The Bertz CT molecular complexity index is 832. The van der Waals surface area contributed by atoms with Crippen LogP contribution in [0.25, 0.3) is 0 Å². The molecule has 130 valence electrons. The van der Waals surface area contributed by atoms with Gasteiger partial charge in [-0.2, -0.15) is 0 Å². The predicted octanol–water partition coefficient (Wildman–Crippen LogP) is 3.49.